The SMILES string of the molecule is Cn1cc(-c2ccc(Cl)cc2)c(-c2ccccc2S(N)(=O)=O)n1. The summed E-state index contributed by atoms with van der Waals surface area (Å²) in [4.78, 5) is 0.0499. The van der Waals surface area contributed by atoms with E-state index in [0.29, 0.717) is 16.3 Å². The highest BCUT2D eigenvalue weighted by molar-refractivity contribution is 7.89. The molecule has 0 saturated carbocycles. The van der Waals surface area contributed by atoms with Crippen LogP contribution in [0, 0.1) is 0 Å². The van der Waals surface area contributed by atoms with Crippen LogP contribution >= 0.6 is 11.6 Å². The molecule has 118 valence electrons. The maximum Gasteiger partial charge on any atom is 0.238 e. The zero-order valence-electron chi connectivity index (χ0n) is 12.3. The number of sulfonamides is 1. The van der Waals surface area contributed by atoms with E-state index in [1.165, 1.54) is 6.07 Å². The van der Waals surface area contributed by atoms with Gasteiger partial charge in [-0.3, -0.25) is 4.68 Å². The summed E-state index contributed by atoms with van der Waals surface area (Å²) in [6.07, 6.45) is 1.83. The van der Waals surface area contributed by atoms with Gasteiger partial charge >= 0.3 is 0 Å². The molecule has 0 spiro atoms. The number of nitrogens with two attached hydrogens (primary N) is 1. The van der Waals surface area contributed by atoms with E-state index in [4.69, 9.17) is 16.7 Å². The van der Waals surface area contributed by atoms with E-state index < -0.39 is 10.0 Å². The third kappa shape index (κ3) is 3.14. The van der Waals surface area contributed by atoms with Crippen LogP contribution in [0.15, 0.2) is 59.6 Å². The lowest BCUT2D eigenvalue weighted by Gasteiger charge is -2.07. The molecule has 0 aliphatic heterocycles. The van der Waals surface area contributed by atoms with Crippen molar-refractivity contribution in [3.05, 3.63) is 59.8 Å². The summed E-state index contributed by atoms with van der Waals surface area (Å²) in [5.41, 5.74) is 2.72. The van der Waals surface area contributed by atoms with Crippen molar-refractivity contribution in [2.45, 2.75) is 4.90 Å². The van der Waals surface area contributed by atoms with Gasteiger partial charge in [-0.05, 0) is 23.8 Å². The lowest BCUT2D eigenvalue weighted by molar-refractivity contribution is 0.598. The smallest absolute Gasteiger partial charge is 0.238 e. The van der Waals surface area contributed by atoms with Crippen LogP contribution in [0.1, 0.15) is 0 Å². The first-order chi connectivity index (χ1) is 10.9. The number of halogens is 1. The Kier molecular flexibility index (Phi) is 3.97. The van der Waals surface area contributed by atoms with Crippen molar-refractivity contribution < 1.29 is 8.42 Å². The fourth-order valence-electron chi connectivity index (χ4n) is 2.44. The Balaban J connectivity index is 2.25. The first kappa shape index (κ1) is 15.7. The molecular weight excluding hydrogens is 334 g/mol. The Morgan fingerprint density at radius 2 is 1.70 bits per heavy atom. The van der Waals surface area contributed by atoms with Crippen molar-refractivity contribution in [2.75, 3.05) is 0 Å². The van der Waals surface area contributed by atoms with E-state index in [1.807, 2.05) is 18.3 Å². The molecule has 0 atom stereocenters. The largest absolute Gasteiger partial charge is 0.275 e. The summed E-state index contributed by atoms with van der Waals surface area (Å²) in [5, 5.41) is 10.4. The van der Waals surface area contributed by atoms with E-state index in [0.717, 1.165) is 11.1 Å². The summed E-state index contributed by atoms with van der Waals surface area (Å²) in [6.45, 7) is 0. The molecule has 2 aromatic carbocycles. The quantitative estimate of drug-likeness (QED) is 0.790. The van der Waals surface area contributed by atoms with Gasteiger partial charge in [-0.1, -0.05) is 41.9 Å². The molecule has 5 nitrogen and oxygen atoms in total. The summed E-state index contributed by atoms with van der Waals surface area (Å²) in [6, 6.07) is 13.8. The minimum atomic E-state index is -3.85. The van der Waals surface area contributed by atoms with Crippen molar-refractivity contribution >= 4 is 21.6 Å². The Hall–Kier alpha value is -2.15. The predicted molar refractivity (Wildman–Crippen MR) is 90.5 cm³/mol. The molecular formula is C16H14ClN3O2S. The second-order valence-electron chi connectivity index (χ2n) is 5.11. The van der Waals surface area contributed by atoms with Gasteiger partial charge in [0.2, 0.25) is 10.0 Å². The lowest BCUT2D eigenvalue weighted by atomic mass is 10.0. The Morgan fingerprint density at radius 3 is 2.35 bits per heavy atom. The van der Waals surface area contributed by atoms with Gasteiger partial charge in [0.05, 0.1) is 4.90 Å². The fourth-order valence-corrected chi connectivity index (χ4v) is 3.30. The van der Waals surface area contributed by atoms with Crippen LogP contribution in [0.3, 0.4) is 0 Å². The summed E-state index contributed by atoms with van der Waals surface area (Å²) in [5.74, 6) is 0. The minimum Gasteiger partial charge on any atom is -0.275 e. The highest BCUT2D eigenvalue weighted by Gasteiger charge is 2.20. The standard InChI is InChI=1S/C16H14ClN3O2S/c1-20-10-14(11-6-8-12(17)9-7-11)16(19-20)13-4-2-3-5-15(13)23(18,21)22/h2-10H,1H3,(H2,18,21,22). The number of hydrogen-bond acceptors (Lipinski definition) is 3. The fraction of sp³-hybridized carbons (Fsp3) is 0.0625. The van der Waals surface area contributed by atoms with Crippen LogP contribution < -0.4 is 5.14 Å². The number of aryl methyl sites for hydroxylation is 1. The van der Waals surface area contributed by atoms with Gasteiger partial charge in [0, 0.05) is 29.4 Å². The van der Waals surface area contributed by atoms with Crippen LogP contribution in [0.4, 0.5) is 0 Å². The average molecular weight is 348 g/mol. The van der Waals surface area contributed by atoms with Gasteiger partial charge in [0.1, 0.15) is 5.69 Å². The van der Waals surface area contributed by atoms with E-state index in [2.05, 4.69) is 5.10 Å². The second-order valence-corrected chi connectivity index (χ2v) is 7.08. The number of benzene rings is 2. The first-order valence-corrected chi connectivity index (χ1v) is 8.70. The number of nitrogens with zero attached hydrogens (tertiary/aromatic N) is 2. The van der Waals surface area contributed by atoms with Gasteiger partial charge in [0.15, 0.2) is 0 Å². The van der Waals surface area contributed by atoms with Crippen LogP contribution in [0.5, 0.6) is 0 Å². The molecule has 1 heterocycles. The third-order valence-corrected chi connectivity index (χ3v) is 4.65. The van der Waals surface area contributed by atoms with E-state index >= 15 is 0 Å². The molecule has 7 heteroatoms. The third-order valence-electron chi connectivity index (χ3n) is 3.43. The summed E-state index contributed by atoms with van der Waals surface area (Å²) < 4.78 is 25.3. The normalized spacial score (nSPS) is 11.6. The number of primary sulfonamides is 1. The van der Waals surface area contributed by atoms with E-state index in [9.17, 15) is 8.42 Å². The molecule has 2 N–H and O–H groups in total. The van der Waals surface area contributed by atoms with Crippen molar-refractivity contribution in [3.63, 3.8) is 0 Å². The van der Waals surface area contributed by atoms with Gasteiger partial charge in [-0.25, -0.2) is 13.6 Å². The zero-order chi connectivity index (χ0) is 16.6. The number of hydrogen-bond donors (Lipinski definition) is 1. The molecule has 0 saturated heterocycles. The highest BCUT2D eigenvalue weighted by Crippen LogP contribution is 2.34. The minimum absolute atomic E-state index is 0.0499. The van der Waals surface area contributed by atoms with Gasteiger partial charge in [-0.15, -0.1) is 0 Å². The summed E-state index contributed by atoms with van der Waals surface area (Å²) >= 11 is 5.93. The average Bonchev–Trinajstić information content (AvgIpc) is 2.89. The monoisotopic (exact) mass is 347 g/mol. The number of aromatic nitrogens is 2. The van der Waals surface area contributed by atoms with Gasteiger partial charge < -0.3 is 0 Å². The highest BCUT2D eigenvalue weighted by atomic mass is 35.5. The first-order valence-electron chi connectivity index (χ1n) is 6.78. The molecule has 0 unspecified atom stereocenters. The van der Waals surface area contributed by atoms with Gasteiger partial charge in [-0.2, -0.15) is 5.10 Å². The Morgan fingerprint density at radius 1 is 1.04 bits per heavy atom. The predicted octanol–water partition coefficient (Wildman–Crippen LogP) is 3.05. The van der Waals surface area contributed by atoms with Crippen LogP contribution in [-0.4, -0.2) is 18.2 Å². The molecule has 0 amide bonds. The van der Waals surface area contributed by atoms with Crippen molar-refractivity contribution in [1.82, 2.24) is 9.78 Å². The lowest BCUT2D eigenvalue weighted by Crippen LogP contribution is -2.13. The van der Waals surface area contributed by atoms with E-state index in [-0.39, 0.29) is 4.90 Å². The van der Waals surface area contributed by atoms with Gasteiger partial charge in [0.25, 0.3) is 0 Å². The van der Waals surface area contributed by atoms with Crippen LogP contribution in [0.2, 0.25) is 5.02 Å². The molecule has 0 aliphatic rings. The van der Waals surface area contributed by atoms with Crippen LogP contribution in [0.25, 0.3) is 22.4 Å². The second kappa shape index (κ2) is 5.81. The molecule has 3 aromatic rings. The molecule has 0 fully saturated rings. The van der Waals surface area contributed by atoms with Crippen molar-refractivity contribution in [1.29, 1.82) is 0 Å². The van der Waals surface area contributed by atoms with Crippen molar-refractivity contribution in [3.8, 4) is 22.4 Å². The van der Waals surface area contributed by atoms with Crippen LogP contribution in [-0.2, 0) is 17.1 Å². The van der Waals surface area contributed by atoms with E-state index in [1.54, 1.807) is 42.1 Å². The molecule has 1 aromatic heterocycles. The topological polar surface area (TPSA) is 78.0 Å². The maximum atomic E-state index is 11.9. The molecule has 0 radical (unpaired) electrons. The van der Waals surface area contributed by atoms with Crippen molar-refractivity contribution in [2.24, 2.45) is 12.2 Å². The number of rotatable bonds is 3. The maximum absolute atomic E-state index is 11.9. The molecule has 23 heavy (non-hydrogen) atoms. The zero-order valence-corrected chi connectivity index (χ0v) is 13.8. The Labute approximate surface area is 139 Å². The summed E-state index contributed by atoms with van der Waals surface area (Å²) in [7, 11) is -2.07. The molecule has 3 rings (SSSR count). The molecule has 0 bridgehead atoms. The molecule has 0 aliphatic carbocycles. The Bertz CT molecular complexity index is 963.